The molecular formula is C27H31F2NO3. The number of allylic oxidation sites excluding steroid dienone is 1. The van der Waals surface area contributed by atoms with Crippen LogP contribution in [0.2, 0.25) is 0 Å². The second kappa shape index (κ2) is 9.46. The van der Waals surface area contributed by atoms with Crippen molar-refractivity contribution in [2.24, 2.45) is 0 Å². The van der Waals surface area contributed by atoms with E-state index in [1.54, 1.807) is 20.8 Å². The molecule has 176 valence electrons. The normalized spacial score (nSPS) is 17.1. The maximum absolute atomic E-state index is 14.3. The second-order valence-electron chi connectivity index (χ2n) is 9.76. The molecule has 0 saturated heterocycles. The molecule has 0 aliphatic carbocycles. The fourth-order valence-corrected chi connectivity index (χ4v) is 4.09. The summed E-state index contributed by atoms with van der Waals surface area (Å²) in [6.45, 7) is 11.2. The van der Waals surface area contributed by atoms with Gasteiger partial charge in [0.25, 0.3) is 0 Å². The molecule has 1 unspecified atom stereocenters. The van der Waals surface area contributed by atoms with Crippen molar-refractivity contribution < 1.29 is 23.1 Å². The molecule has 4 nitrogen and oxygen atoms in total. The van der Waals surface area contributed by atoms with E-state index < -0.39 is 23.5 Å². The first-order valence-electron chi connectivity index (χ1n) is 11.2. The molecule has 0 saturated carbocycles. The van der Waals surface area contributed by atoms with Crippen LogP contribution in [0.4, 0.5) is 8.78 Å². The van der Waals surface area contributed by atoms with Crippen LogP contribution < -0.4 is 0 Å². The average molecular weight is 456 g/mol. The second-order valence-corrected chi connectivity index (χ2v) is 9.76. The zero-order valence-electron chi connectivity index (χ0n) is 20.0. The zero-order valence-corrected chi connectivity index (χ0v) is 20.0. The number of halogens is 2. The summed E-state index contributed by atoms with van der Waals surface area (Å²) >= 11 is 0. The lowest BCUT2D eigenvalue weighted by Gasteiger charge is -2.35. The Bertz CT molecular complexity index is 1060. The Morgan fingerprint density at radius 3 is 2.18 bits per heavy atom. The summed E-state index contributed by atoms with van der Waals surface area (Å²) in [5, 5.41) is 0. The number of esters is 1. The van der Waals surface area contributed by atoms with Crippen molar-refractivity contribution in [3.8, 4) is 0 Å². The van der Waals surface area contributed by atoms with Crippen molar-refractivity contribution in [3.05, 3.63) is 82.1 Å². The largest absolute Gasteiger partial charge is 0.460 e. The van der Waals surface area contributed by atoms with Crippen LogP contribution >= 0.6 is 0 Å². The molecule has 0 bridgehead atoms. The number of hydrogen-bond donors (Lipinski definition) is 0. The first-order chi connectivity index (χ1) is 15.4. The maximum Gasteiger partial charge on any atom is 0.336 e. The van der Waals surface area contributed by atoms with Crippen molar-refractivity contribution in [1.82, 2.24) is 4.90 Å². The molecule has 2 aromatic rings. The molecule has 0 spiro atoms. The van der Waals surface area contributed by atoms with Crippen LogP contribution in [0.15, 0.2) is 53.7 Å². The van der Waals surface area contributed by atoms with E-state index >= 15 is 0 Å². The van der Waals surface area contributed by atoms with Crippen molar-refractivity contribution in [2.45, 2.75) is 71.9 Å². The van der Waals surface area contributed by atoms with Crippen LogP contribution in [0.5, 0.6) is 0 Å². The molecule has 1 amide bonds. The van der Waals surface area contributed by atoms with Gasteiger partial charge >= 0.3 is 5.97 Å². The van der Waals surface area contributed by atoms with Gasteiger partial charge in [-0.3, -0.25) is 4.79 Å². The number of carbonyl (C=O) groups is 2. The lowest BCUT2D eigenvalue weighted by atomic mass is 9.81. The predicted octanol–water partition coefficient (Wildman–Crippen LogP) is 6.00. The van der Waals surface area contributed by atoms with Crippen LogP contribution in [0, 0.1) is 11.6 Å². The highest BCUT2D eigenvalue weighted by Crippen LogP contribution is 2.39. The van der Waals surface area contributed by atoms with Crippen LogP contribution in [0.3, 0.4) is 0 Å². The van der Waals surface area contributed by atoms with Crippen molar-refractivity contribution >= 4 is 11.9 Å². The van der Waals surface area contributed by atoms with E-state index in [0.29, 0.717) is 11.3 Å². The van der Waals surface area contributed by atoms with E-state index in [1.807, 2.05) is 24.3 Å². The molecule has 0 radical (unpaired) electrons. The van der Waals surface area contributed by atoms with E-state index in [2.05, 4.69) is 20.8 Å². The standard InChI is InChI=1S/C27H31F2NO3/c1-16(2)33-26(32)25-17(3)30(15-21-22(28)8-7-9-23(21)29)24(31)14-20(25)18-10-12-19(13-11-18)27(4,5)6/h7-13,16,20H,14-15H2,1-6H3. The Morgan fingerprint density at radius 2 is 1.67 bits per heavy atom. The zero-order chi connectivity index (χ0) is 24.5. The SMILES string of the molecule is CC1=C(C(=O)OC(C)C)C(c2ccc(C(C)(C)C)cc2)CC(=O)N1Cc1c(F)cccc1F. The summed E-state index contributed by atoms with van der Waals surface area (Å²) < 4.78 is 34.0. The third-order valence-electron chi connectivity index (χ3n) is 5.94. The molecule has 0 fully saturated rings. The number of amides is 1. The predicted molar refractivity (Wildman–Crippen MR) is 123 cm³/mol. The Morgan fingerprint density at radius 1 is 1.09 bits per heavy atom. The van der Waals surface area contributed by atoms with Crippen LogP contribution in [0.25, 0.3) is 0 Å². The van der Waals surface area contributed by atoms with Gasteiger partial charge in [-0.15, -0.1) is 0 Å². The fourth-order valence-electron chi connectivity index (χ4n) is 4.09. The van der Waals surface area contributed by atoms with Gasteiger partial charge in [0, 0.05) is 23.6 Å². The van der Waals surface area contributed by atoms with E-state index in [-0.39, 0.29) is 36.0 Å². The van der Waals surface area contributed by atoms with Crippen molar-refractivity contribution in [3.63, 3.8) is 0 Å². The van der Waals surface area contributed by atoms with Gasteiger partial charge in [0.1, 0.15) is 11.6 Å². The highest BCUT2D eigenvalue weighted by Gasteiger charge is 2.37. The summed E-state index contributed by atoms with van der Waals surface area (Å²) in [5.74, 6) is -2.80. The van der Waals surface area contributed by atoms with E-state index in [9.17, 15) is 18.4 Å². The highest BCUT2D eigenvalue weighted by atomic mass is 19.1. The molecule has 2 aromatic carbocycles. The van der Waals surface area contributed by atoms with Gasteiger partial charge in [0.2, 0.25) is 5.91 Å². The highest BCUT2D eigenvalue weighted by molar-refractivity contribution is 5.96. The van der Waals surface area contributed by atoms with E-state index in [4.69, 9.17) is 4.74 Å². The first-order valence-corrected chi connectivity index (χ1v) is 11.2. The van der Waals surface area contributed by atoms with Crippen LogP contribution in [0.1, 0.15) is 70.6 Å². The topological polar surface area (TPSA) is 46.6 Å². The van der Waals surface area contributed by atoms with Gasteiger partial charge in [0.05, 0.1) is 18.2 Å². The number of nitrogens with zero attached hydrogens (tertiary/aromatic N) is 1. The van der Waals surface area contributed by atoms with Gasteiger partial charge in [-0.2, -0.15) is 0 Å². The Labute approximate surface area is 194 Å². The van der Waals surface area contributed by atoms with Gasteiger partial charge in [0.15, 0.2) is 0 Å². The van der Waals surface area contributed by atoms with Crippen LogP contribution in [-0.4, -0.2) is 22.9 Å². The third-order valence-corrected chi connectivity index (χ3v) is 5.94. The molecule has 1 aliphatic heterocycles. The van der Waals surface area contributed by atoms with Gasteiger partial charge in [-0.1, -0.05) is 51.1 Å². The fraction of sp³-hybridized carbons (Fsp3) is 0.407. The molecule has 6 heteroatoms. The quantitative estimate of drug-likeness (QED) is 0.519. The maximum atomic E-state index is 14.3. The number of rotatable bonds is 5. The molecule has 1 heterocycles. The monoisotopic (exact) mass is 455 g/mol. The minimum Gasteiger partial charge on any atom is -0.460 e. The van der Waals surface area contributed by atoms with E-state index in [1.165, 1.54) is 11.0 Å². The molecule has 1 aliphatic rings. The Kier molecular flexibility index (Phi) is 7.06. The minimum absolute atomic E-state index is 0.00477. The number of carbonyl (C=O) groups excluding carboxylic acids is 2. The minimum atomic E-state index is -0.734. The molecule has 3 rings (SSSR count). The third kappa shape index (κ3) is 5.32. The molecule has 0 aromatic heterocycles. The van der Waals surface area contributed by atoms with Gasteiger partial charge < -0.3 is 9.64 Å². The molecule has 0 N–H and O–H groups in total. The van der Waals surface area contributed by atoms with Gasteiger partial charge in [-0.25, -0.2) is 13.6 Å². The smallest absolute Gasteiger partial charge is 0.336 e. The lowest BCUT2D eigenvalue weighted by Crippen LogP contribution is -2.38. The molecule has 33 heavy (non-hydrogen) atoms. The van der Waals surface area contributed by atoms with Gasteiger partial charge in [-0.05, 0) is 49.4 Å². The summed E-state index contributed by atoms with van der Waals surface area (Å²) in [6, 6.07) is 11.4. The summed E-state index contributed by atoms with van der Waals surface area (Å²) in [7, 11) is 0. The summed E-state index contributed by atoms with van der Waals surface area (Å²) in [6.07, 6.45) is -0.345. The van der Waals surface area contributed by atoms with Crippen molar-refractivity contribution in [2.75, 3.05) is 0 Å². The Hall–Kier alpha value is -3.02. The molecule has 1 atom stereocenters. The first kappa shape index (κ1) is 24.6. The van der Waals surface area contributed by atoms with Crippen LogP contribution in [-0.2, 0) is 26.3 Å². The van der Waals surface area contributed by atoms with Crippen molar-refractivity contribution in [1.29, 1.82) is 0 Å². The average Bonchev–Trinajstić information content (AvgIpc) is 2.71. The summed E-state index contributed by atoms with van der Waals surface area (Å²) in [4.78, 5) is 27.5. The number of hydrogen-bond acceptors (Lipinski definition) is 3. The Balaban J connectivity index is 2.06. The summed E-state index contributed by atoms with van der Waals surface area (Å²) in [5.41, 5.74) is 2.40. The van der Waals surface area contributed by atoms with E-state index in [0.717, 1.165) is 23.3 Å². The lowest BCUT2D eigenvalue weighted by molar-refractivity contribution is -0.143. The molecular weight excluding hydrogens is 424 g/mol. The number of benzene rings is 2. The number of ether oxygens (including phenoxy) is 1.